The van der Waals surface area contributed by atoms with Gasteiger partial charge in [0.05, 0.1) is 5.56 Å². The van der Waals surface area contributed by atoms with Crippen LogP contribution >= 0.6 is 0 Å². The predicted octanol–water partition coefficient (Wildman–Crippen LogP) is 6.04. The Morgan fingerprint density at radius 2 is 1.34 bits per heavy atom. The van der Waals surface area contributed by atoms with E-state index < -0.39 is 0 Å². The van der Waals surface area contributed by atoms with Crippen LogP contribution in [0.3, 0.4) is 0 Å². The smallest absolute Gasteiger partial charge is 0.189 e. The summed E-state index contributed by atoms with van der Waals surface area (Å²) in [5.41, 5.74) is 2.00. The molecular formula is C25H28O4. The highest BCUT2D eigenvalue weighted by atomic mass is 16.3. The molecule has 29 heavy (non-hydrogen) atoms. The first-order chi connectivity index (χ1) is 13.7. The molecule has 0 atom stereocenters. The summed E-state index contributed by atoms with van der Waals surface area (Å²) in [7, 11) is 0. The van der Waals surface area contributed by atoms with Crippen molar-refractivity contribution >= 4 is 24.0 Å². The van der Waals surface area contributed by atoms with Crippen LogP contribution < -0.4 is 0 Å². The normalized spacial score (nSPS) is 12.2. The average molecular weight is 392 g/mol. The minimum Gasteiger partial charge on any atom is -0.507 e. The summed E-state index contributed by atoms with van der Waals surface area (Å²) in [5, 5.41) is 30.1. The fourth-order valence-electron chi connectivity index (χ4n) is 2.59. The molecule has 0 saturated heterocycles. The van der Waals surface area contributed by atoms with E-state index >= 15 is 0 Å². The molecule has 0 aliphatic rings. The lowest BCUT2D eigenvalue weighted by Crippen LogP contribution is -1.96. The van der Waals surface area contributed by atoms with Gasteiger partial charge < -0.3 is 15.3 Å². The second-order valence-electron chi connectivity index (χ2n) is 7.65. The number of hydrogen-bond acceptors (Lipinski definition) is 4. The molecule has 2 aromatic carbocycles. The summed E-state index contributed by atoms with van der Waals surface area (Å²) in [6, 6.07) is 7.72. The van der Waals surface area contributed by atoms with Gasteiger partial charge in [-0.1, -0.05) is 64.1 Å². The number of hydrogen-bond donors (Lipinski definition) is 3. The highest BCUT2D eigenvalue weighted by Crippen LogP contribution is 2.29. The topological polar surface area (TPSA) is 77.8 Å². The third kappa shape index (κ3) is 6.39. The Morgan fingerprint density at radius 1 is 0.759 bits per heavy atom. The van der Waals surface area contributed by atoms with Crippen LogP contribution in [0.2, 0.25) is 0 Å². The first-order valence-electron chi connectivity index (χ1n) is 9.65. The van der Waals surface area contributed by atoms with E-state index in [0.29, 0.717) is 17.0 Å². The number of rotatable bonds is 7. The van der Waals surface area contributed by atoms with Crippen LogP contribution in [0.5, 0.6) is 17.2 Å². The molecule has 152 valence electrons. The zero-order chi connectivity index (χ0) is 21.6. The molecule has 0 aliphatic heterocycles. The maximum atomic E-state index is 12.6. The van der Waals surface area contributed by atoms with Crippen molar-refractivity contribution in [2.45, 2.75) is 27.7 Å². The minimum absolute atomic E-state index is 0.0833. The summed E-state index contributed by atoms with van der Waals surface area (Å²) in [5.74, 6) is 0.0737. The third-order valence-corrected chi connectivity index (χ3v) is 4.21. The highest BCUT2D eigenvalue weighted by Gasteiger charge is 2.12. The molecule has 0 spiro atoms. The second-order valence-corrected chi connectivity index (χ2v) is 7.65. The largest absolute Gasteiger partial charge is 0.507 e. The number of carbonyl (C=O) groups is 1. The van der Waals surface area contributed by atoms with Crippen molar-refractivity contribution in [1.29, 1.82) is 0 Å². The molecule has 0 amide bonds. The molecule has 0 bridgehead atoms. The molecule has 0 aliphatic carbocycles. The molecule has 4 nitrogen and oxygen atoms in total. The maximum Gasteiger partial charge on any atom is 0.189 e. The molecule has 2 aromatic rings. The third-order valence-electron chi connectivity index (χ3n) is 4.21. The van der Waals surface area contributed by atoms with Crippen LogP contribution in [0, 0.1) is 11.8 Å². The minimum atomic E-state index is -0.381. The van der Waals surface area contributed by atoms with Crippen molar-refractivity contribution in [1.82, 2.24) is 0 Å². The van der Waals surface area contributed by atoms with Crippen LogP contribution in [-0.2, 0) is 0 Å². The fraction of sp³-hybridized carbons (Fsp3) is 0.240. The number of carbonyl (C=O) groups excluding carboxylic acids is 1. The van der Waals surface area contributed by atoms with Gasteiger partial charge in [-0.2, -0.15) is 0 Å². The van der Waals surface area contributed by atoms with Gasteiger partial charge in [-0.25, -0.2) is 0 Å². The molecule has 0 aromatic heterocycles. The van der Waals surface area contributed by atoms with E-state index in [1.165, 1.54) is 18.2 Å². The molecule has 3 N–H and O–H groups in total. The van der Waals surface area contributed by atoms with Crippen LogP contribution in [-0.4, -0.2) is 21.1 Å². The SMILES string of the molecule is CC(C)/C=C/c1cc(/C=C/C(=O)c2cc(/C=C/C(C)C)c(O)cc2O)ccc1O. The molecule has 0 radical (unpaired) electrons. The van der Waals surface area contributed by atoms with Crippen molar-refractivity contribution < 1.29 is 20.1 Å². The van der Waals surface area contributed by atoms with E-state index in [9.17, 15) is 20.1 Å². The summed E-state index contributed by atoms with van der Waals surface area (Å²) in [6.07, 6.45) is 10.5. The van der Waals surface area contributed by atoms with E-state index in [2.05, 4.69) is 0 Å². The molecule has 0 heterocycles. The van der Waals surface area contributed by atoms with Crippen LogP contribution in [0.1, 0.15) is 54.7 Å². The molecular weight excluding hydrogens is 364 g/mol. The Balaban J connectivity index is 2.29. The molecule has 0 fully saturated rings. The lowest BCUT2D eigenvalue weighted by Gasteiger charge is -2.06. The summed E-state index contributed by atoms with van der Waals surface area (Å²) in [4.78, 5) is 12.6. The summed E-state index contributed by atoms with van der Waals surface area (Å²) < 4.78 is 0. The van der Waals surface area contributed by atoms with Gasteiger partial charge in [0.1, 0.15) is 17.2 Å². The van der Waals surface area contributed by atoms with Crippen LogP contribution in [0.15, 0.2) is 48.6 Å². The first kappa shape index (κ1) is 22.0. The van der Waals surface area contributed by atoms with Crippen molar-refractivity contribution in [3.8, 4) is 17.2 Å². The van der Waals surface area contributed by atoms with E-state index in [-0.39, 0.29) is 34.5 Å². The quantitative estimate of drug-likeness (QED) is 0.397. The van der Waals surface area contributed by atoms with Crippen LogP contribution in [0.25, 0.3) is 18.2 Å². The molecule has 0 unspecified atom stereocenters. The second kappa shape index (κ2) is 9.78. The highest BCUT2D eigenvalue weighted by molar-refractivity contribution is 6.09. The standard InChI is InChI=1S/C25H28O4/c1-16(2)5-9-19-13-18(7-11-22(19)26)8-12-23(27)21-14-20(10-6-17(3)4)24(28)15-25(21)29/h5-17,26,28-29H,1-4H3/b9-5+,10-6+,12-8+. The Labute approximate surface area is 172 Å². The van der Waals surface area contributed by atoms with Crippen molar-refractivity contribution in [3.05, 3.63) is 70.8 Å². The van der Waals surface area contributed by atoms with Gasteiger partial charge in [0, 0.05) is 17.2 Å². The van der Waals surface area contributed by atoms with Gasteiger partial charge >= 0.3 is 0 Å². The van der Waals surface area contributed by atoms with Gasteiger partial charge in [0.25, 0.3) is 0 Å². The Kier molecular flexibility index (Phi) is 7.43. The van der Waals surface area contributed by atoms with Gasteiger partial charge in [0.15, 0.2) is 5.78 Å². The lowest BCUT2D eigenvalue weighted by atomic mass is 10.0. The van der Waals surface area contributed by atoms with E-state index in [1.54, 1.807) is 30.4 Å². The van der Waals surface area contributed by atoms with E-state index in [0.717, 1.165) is 5.56 Å². The zero-order valence-corrected chi connectivity index (χ0v) is 17.3. The number of ketones is 1. The monoisotopic (exact) mass is 392 g/mol. The molecule has 4 heteroatoms. The maximum absolute atomic E-state index is 12.6. The first-order valence-corrected chi connectivity index (χ1v) is 9.65. The predicted molar refractivity (Wildman–Crippen MR) is 119 cm³/mol. The Bertz CT molecular complexity index is 963. The van der Waals surface area contributed by atoms with Crippen molar-refractivity contribution in [2.75, 3.05) is 0 Å². The Hall–Kier alpha value is -3.27. The van der Waals surface area contributed by atoms with E-state index in [4.69, 9.17) is 0 Å². The van der Waals surface area contributed by atoms with Crippen molar-refractivity contribution in [3.63, 3.8) is 0 Å². The number of allylic oxidation sites excluding steroid dienone is 3. The number of benzene rings is 2. The summed E-state index contributed by atoms with van der Waals surface area (Å²) in [6.45, 7) is 8.10. The van der Waals surface area contributed by atoms with Crippen LogP contribution in [0.4, 0.5) is 0 Å². The van der Waals surface area contributed by atoms with Gasteiger partial charge in [-0.3, -0.25) is 4.79 Å². The summed E-state index contributed by atoms with van der Waals surface area (Å²) >= 11 is 0. The van der Waals surface area contributed by atoms with Gasteiger partial charge in [0.2, 0.25) is 0 Å². The number of phenolic OH excluding ortho intramolecular Hbond substituents is 3. The number of phenols is 3. The van der Waals surface area contributed by atoms with E-state index in [1.807, 2.05) is 45.9 Å². The van der Waals surface area contributed by atoms with Gasteiger partial charge in [-0.15, -0.1) is 0 Å². The average Bonchev–Trinajstić information content (AvgIpc) is 2.65. The Morgan fingerprint density at radius 3 is 1.93 bits per heavy atom. The molecule has 2 rings (SSSR count). The lowest BCUT2D eigenvalue weighted by molar-refractivity contribution is 0.104. The van der Waals surface area contributed by atoms with Crippen molar-refractivity contribution in [2.24, 2.45) is 11.8 Å². The zero-order valence-electron chi connectivity index (χ0n) is 17.3. The molecule has 0 saturated carbocycles. The fourth-order valence-corrected chi connectivity index (χ4v) is 2.59. The van der Waals surface area contributed by atoms with Gasteiger partial charge in [-0.05, 0) is 41.7 Å². The number of aromatic hydroxyl groups is 3.